The molecule has 68 valence electrons. The molecule has 1 aliphatic heterocycles. The van der Waals surface area contributed by atoms with Crippen LogP contribution in [0.2, 0.25) is 0 Å². The summed E-state index contributed by atoms with van der Waals surface area (Å²) in [6.45, 7) is 3.82. The van der Waals surface area contributed by atoms with E-state index in [1.165, 1.54) is 19.3 Å². The number of hydrogen-bond donors (Lipinski definition) is 1. The fraction of sp³-hybridized carbons (Fsp3) is 0.667. The van der Waals surface area contributed by atoms with E-state index in [0.717, 1.165) is 13.1 Å². The maximum absolute atomic E-state index is 11.1. The van der Waals surface area contributed by atoms with Crippen LogP contribution in [0.25, 0.3) is 0 Å². The van der Waals surface area contributed by atoms with Gasteiger partial charge in [0, 0.05) is 13.1 Å². The molecule has 1 aliphatic rings. The second-order valence-corrected chi connectivity index (χ2v) is 3.02. The smallest absolute Gasteiger partial charge is 0.257 e. The van der Waals surface area contributed by atoms with Crippen LogP contribution >= 0.6 is 0 Å². The third-order valence-corrected chi connectivity index (χ3v) is 1.94. The molecule has 0 unspecified atom stereocenters. The van der Waals surface area contributed by atoms with Gasteiger partial charge < -0.3 is 0 Å². The van der Waals surface area contributed by atoms with E-state index in [0.29, 0.717) is 0 Å². The minimum Gasteiger partial charge on any atom is -0.285 e. The van der Waals surface area contributed by atoms with Gasteiger partial charge in [-0.15, -0.1) is 0 Å². The van der Waals surface area contributed by atoms with Crippen LogP contribution < -0.4 is 5.43 Å². The lowest BCUT2D eigenvalue weighted by molar-refractivity contribution is -0.121. The van der Waals surface area contributed by atoms with E-state index in [9.17, 15) is 4.79 Å². The molecule has 0 radical (unpaired) electrons. The van der Waals surface area contributed by atoms with Crippen LogP contribution in [0.4, 0.5) is 0 Å². The SMILES string of the molecule is CC=CC(=O)NN1CCCCC1. The highest BCUT2D eigenvalue weighted by atomic mass is 16.2. The molecule has 1 heterocycles. The molecule has 0 spiro atoms. The zero-order valence-corrected chi connectivity index (χ0v) is 7.55. The fourth-order valence-electron chi connectivity index (χ4n) is 1.35. The molecule has 3 nitrogen and oxygen atoms in total. The topological polar surface area (TPSA) is 32.3 Å². The summed E-state index contributed by atoms with van der Waals surface area (Å²) in [6, 6.07) is 0. The number of hydrazine groups is 1. The second-order valence-electron chi connectivity index (χ2n) is 3.02. The van der Waals surface area contributed by atoms with Crippen molar-refractivity contribution in [3.63, 3.8) is 0 Å². The van der Waals surface area contributed by atoms with Gasteiger partial charge in [0.25, 0.3) is 5.91 Å². The normalized spacial score (nSPS) is 19.8. The first-order valence-corrected chi connectivity index (χ1v) is 4.51. The van der Waals surface area contributed by atoms with Gasteiger partial charge in [0.05, 0.1) is 0 Å². The van der Waals surface area contributed by atoms with Gasteiger partial charge in [-0.25, -0.2) is 5.01 Å². The van der Waals surface area contributed by atoms with E-state index < -0.39 is 0 Å². The maximum Gasteiger partial charge on any atom is 0.257 e. The van der Waals surface area contributed by atoms with Gasteiger partial charge in [-0.2, -0.15) is 0 Å². The predicted molar refractivity (Wildman–Crippen MR) is 48.4 cm³/mol. The van der Waals surface area contributed by atoms with Gasteiger partial charge in [-0.1, -0.05) is 12.5 Å². The number of hydrogen-bond acceptors (Lipinski definition) is 2. The highest BCUT2D eigenvalue weighted by Crippen LogP contribution is 2.05. The monoisotopic (exact) mass is 168 g/mol. The van der Waals surface area contributed by atoms with Crippen molar-refractivity contribution in [2.24, 2.45) is 0 Å². The van der Waals surface area contributed by atoms with Crippen molar-refractivity contribution in [1.29, 1.82) is 0 Å². The number of piperidine rings is 1. The Morgan fingerprint density at radius 3 is 2.58 bits per heavy atom. The van der Waals surface area contributed by atoms with E-state index in [1.54, 1.807) is 12.2 Å². The molecule has 0 aromatic heterocycles. The molecule has 0 aromatic rings. The number of carbonyl (C=O) groups excluding carboxylic acids is 1. The summed E-state index contributed by atoms with van der Waals surface area (Å²) in [5, 5.41) is 1.99. The van der Waals surface area contributed by atoms with Crippen molar-refractivity contribution >= 4 is 5.91 Å². The second kappa shape index (κ2) is 4.93. The van der Waals surface area contributed by atoms with Crippen molar-refractivity contribution < 1.29 is 4.79 Å². The summed E-state index contributed by atoms with van der Waals surface area (Å²) in [5.74, 6) is -0.0144. The maximum atomic E-state index is 11.1. The summed E-state index contributed by atoms with van der Waals surface area (Å²) in [6.07, 6.45) is 6.97. The van der Waals surface area contributed by atoms with Gasteiger partial charge in [0.1, 0.15) is 0 Å². The standard InChI is InChI=1S/C9H16N2O/c1-2-6-9(12)10-11-7-4-3-5-8-11/h2,6H,3-5,7-8H2,1H3,(H,10,12). The van der Waals surface area contributed by atoms with Crippen LogP contribution in [0.5, 0.6) is 0 Å². The number of nitrogens with one attached hydrogen (secondary N) is 1. The molecular formula is C9H16N2O. The minimum absolute atomic E-state index is 0.0144. The van der Waals surface area contributed by atoms with Crippen LogP contribution in [0.3, 0.4) is 0 Å². The van der Waals surface area contributed by atoms with Crippen molar-refractivity contribution in [1.82, 2.24) is 10.4 Å². The van der Waals surface area contributed by atoms with Gasteiger partial charge in [0.15, 0.2) is 0 Å². The third kappa shape index (κ3) is 3.05. The molecule has 1 saturated heterocycles. The average Bonchev–Trinajstić information content (AvgIpc) is 2.06. The molecule has 1 fully saturated rings. The first kappa shape index (κ1) is 9.26. The summed E-state index contributed by atoms with van der Waals surface area (Å²) in [4.78, 5) is 11.1. The van der Waals surface area contributed by atoms with E-state index in [1.807, 2.05) is 11.9 Å². The molecular weight excluding hydrogens is 152 g/mol. The van der Waals surface area contributed by atoms with E-state index in [4.69, 9.17) is 0 Å². The Balaban J connectivity index is 2.24. The van der Waals surface area contributed by atoms with Crippen molar-refractivity contribution in [2.45, 2.75) is 26.2 Å². The van der Waals surface area contributed by atoms with E-state index in [2.05, 4.69) is 5.43 Å². The van der Waals surface area contributed by atoms with Crippen LogP contribution in [-0.2, 0) is 4.79 Å². The van der Waals surface area contributed by atoms with E-state index >= 15 is 0 Å². The molecule has 3 heteroatoms. The van der Waals surface area contributed by atoms with Crippen LogP contribution in [-0.4, -0.2) is 24.0 Å². The molecule has 0 aliphatic carbocycles. The van der Waals surface area contributed by atoms with Crippen molar-refractivity contribution in [2.75, 3.05) is 13.1 Å². The average molecular weight is 168 g/mol. The van der Waals surface area contributed by atoms with Crippen LogP contribution in [0.1, 0.15) is 26.2 Å². The quantitative estimate of drug-likeness (QED) is 0.626. The molecule has 0 bridgehead atoms. The Bertz CT molecular complexity index is 171. The number of nitrogens with zero attached hydrogens (tertiary/aromatic N) is 1. The Morgan fingerprint density at radius 1 is 1.33 bits per heavy atom. The minimum atomic E-state index is -0.0144. The zero-order valence-electron chi connectivity index (χ0n) is 7.55. The molecule has 12 heavy (non-hydrogen) atoms. The van der Waals surface area contributed by atoms with Crippen LogP contribution in [0, 0.1) is 0 Å². The summed E-state index contributed by atoms with van der Waals surface area (Å²) >= 11 is 0. The number of allylic oxidation sites excluding steroid dienone is 1. The molecule has 1 rings (SSSR count). The molecule has 0 saturated carbocycles. The lowest BCUT2D eigenvalue weighted by Gasteiger charge is -2.26. The number of rotatable bonds is 2. The van der Waals surface area contributed by atoms with E-state index in [-0.39, 0.29) is 5.91 Å². The van der Waals surface area contributed by atoms with Crippen LogP contribution in [0.15, 0.2) is 12.2 Å². The van der Waals surface area contributed by atoms with Crippen molar-refractivity contribution in [3.8, 4) is 0 Å². The van der Waals surface area contributed by atoms with Crippen molar-refractivity contribution in [3.05, 3.63) is 12.2 Å². The Labute approximate surface area is 73.4 Å². The fourth-order valence-corrected chi connectivity index (χ4v) is 1.35. The molecule has 1 amide bonds. The Kier molecular flexibility index (Phi) is 3.80. The molecule has 0 aromatic carbocycles. The Morgan fingerprint density at radius 2 is 2.00 bits per heavy atom. The highest BCUT2D eigenvalue weighted by Gasteiger charge is 2.10. The first-order valence-electron chi connectivity index (χ1n) is 4.51. The molecule has 1 N–H and O–H groups in total. The lowest BCUT2D eigenvalue weighted by Crippen LogP contribution is -2.44. The summed E-state index contributed by atoms with van der Waals surface area (Å²) < 4.78 is 0. The predicted octanol–water partition coefficient (Wildman–Crippen LogP) is 1.08. The summed E-state index contributed by atoms with van der Waals surface area (Å²) in [5.41, 5.74) is 2.83. The van der Waals surface area contributed by atoms with Gasteiger partial charge in [-0.05, 0) is 25.8 Å². The zero-order chi connectivity index (χ0) is 8.81. The van der Waals surface area contributed by atoms with Gasteiger partial charge in [0.2, 0.25) is 0 Å². The summed E-state index contributed by atoms with van der Waals surface area (Å²) in [7, 11) is 0. The van der Waals surface area contributed by atoms with Gasteiger partial charge >= 0.3 is 0 Å². The Hall–Kier alpha value is -0.830. The third-order valence-electron chi connectivity index (χ3n) is 1.94. The molecule has 0 atom stereocenters. The highest BCUT2D eigenvalue weighted by molar-refractivity contribution is 5.86. The van der Waals surface area contributed by atoms with Gasteiger partial charge in [-0.3, -0.25) is 10.2 Å². The lowest BCUT2D eigenvalue weighted by atomic mass is 10.2. The largest absolute Gasteiger partial charge is 0.285 e. The number of carbonyl (C=O) groups is 1. The first-order chi connectivity index (χ1) is 5.83. The number of amides is 1.